The van der Waals surface area contributed by atoms with Crippen LogP contribution in [0, 0.1) is 0 Å². The molecule has 0 radical (unpaired) electrons. The fraction of sp³-hybridized carbons (Fsp3) is 0.167. The molecule has 0 spiro atoms. The maximum Gasteiger partial charge on any atom is 0.212 e. The first-order valence-corrected chi connectivity index (χ1v) is 5.07. The molecule has 0 amide bonds. The van der Waals surface area contributed by atoms with E-state index in [1.165, 1.54) is 12.4 Å². The van der Waals surface area contributed by atoms with E-state index in [4.69, 9.17) is 4.74 Å². The zero-order valence-electron chi connectivity index (χ0n) is 9.33. The third-order valence-corrected chi connectivity index (χ3v) is 2.23. The number of aldehydes is 1. The predicted molar refractivity (Wildman–Crippen MR) is 61.0 cm³/mol. The van der Waals surface area contributed by atoms with Gasteiger partial charge in [0.2, 0.25) is 5.88 Å². The van der Waals surface area contributed by atoms with E-state index in [0.29, 0.717) is 23.7 Å². The Hall–Kier alpha value is -2.30. The molecular weight excluding hydrogens is 218 g/mol. The smallest absolute Gasteiger partial charge is 0.212 e. The van der Waals surface area contributed by atoms with Crippen molar-refractivity contribution in [3.05, 3.63) is 47.7 Å². The summed E-state index contributed by atoms with van der Waals surface area (Å²) in [5.74, 6) is 1.23. The van der Waals surface area contributed by atoms with Crippen molar-refractivity contribution in [2.75, 3.05) is 7.11 Å². The number of nitrogens with zero attached hydrogens (tertiary/aromatic N) is 3. The minimum Gasteiger partial charge on any atom is -0.481 e. The highest BCUT2D eigenvalue weighted by atomic mass is 16.5. The topological polar surface area (TPSA) is 65.0 Å². The molecule has 0 aliphatic carbocycles. The van der Waals surface area contributed by atoms with Gasteiger partial charge in [-0.3, -0.25) is 4.79 Å². The van der Waals surface area contributed by atoms with Crippen molar-refractivity contribution in [3.63, 3.8) is 0 Å². The molecule has 0 aromatic carbocycles. The largest absolute Gasteiger partial charge is 0.481 e. The summed E-state index contributed by atoms with van der Waals surface area (Å²) in [7, 11) is 1.57. The molecule has 0 fully saturated rings. The van der Waals surface area contributed by atoms with E-state index in [2.05, 4.69) is 15.0 Å². The Balaban J connectivity index is 2.10. The summed E-state index contributed by atoms with van der Waals surface area (Å²) in [5.41, 5.74) is 1.46. The van der Waals surface area contributed by atoms with Crippen LogP contribution in [0.3, 0.4) is 0 Å². The number of aromatic nitrogens is 3. The average molecular weight is 229 g/mol. The number of carbonyl (C=O) groups is 1. The molecule has 0 aliphatic rings. The molecule has 5 nitrogen and oxygen atoms in total. The molecule has 0 aliphatic heterocycles. The van der Waals surface area contributed by atoms with E-state index in [1.807, 2.05) is 6.07 Å². The van der Waals surface area contributed by atoms with E-state index < -0.39 is 0 Å². The molecule has 0 bridgehead atoms. The minimum absolute atomic E-state index is 0.474. The van der Waals surface area contributed by atoms with Crippen LogP contribution in [-0.2, 0) is 6.42 Å². The Bertz CT molecular complexity index is 494. The lowest BCUT2D eigenvalue weighted by Gasteiger charge is -2.01. The SMILES string of the molecule is COc1ccc(Cc2ncc(C=O)cn2)cn1. The van der Waals surface area contributed by atoms with Crippen LogP contribution in [0.15, 0.2) is 30.7 Å². The van der Waals surface area contributed by atoms with Crippen molar-refractivity contribution < 1.29 is 9.53 Å². The molecule has 2 rings (SSSR count). The third kappa shape index (κ3) is 2.84. The molecule has 0 saturated heterocycles. The van der Waals surface area contributed by atoms with E-state index in [-0.39, 0.29) is 0 Å². The molecule has 2 aromatic heterocycles. The lowest BCUT2D eigenvalue weighted by atomic mass is 10.2. The first-order valence-electron chi connectivity index (χ1n) is 5.07. The lowest BCUT2D eigenvalue weighted by molar-refractivity contribution is 0.112. The first-order chi connectivity index (χ1) is 8.31. The Labute approximate surface area is 98.5 Å². The maximum atomic E-state index is 10.4. The van der Waals surface area contributed by atoms with Gasteiger partial charge in [0.15, 0.2) is 6.29 Å². The summed E-state index contributed by atoms with van der Waals surface area (Å²) >= 11 is 0. The highest BCUT2D eigenvalue weighted by molar-refractivity contribution is 5.73. The van der Waals surface area contributed by atoms with Crippen LogP contribution < -0.4 is 4.74 Å². The Morgan fingerprint density at radius 2 is 1.94 bits per heavy atom. The molecule has 86 valence electrons. The van der Waals surface area contributed by atoms with Gasteiger partial charge in [0.25, 0.3) is 0 Å². The molecule has 0 atom stereocenters. The number of carbonyl (C=O) groups excluding carboxylic acids is 1. The molecule has 0 N–H and O–H groups in total. The lowest BCUT2D eigenvalue weighted by Crippen LogP contribution is -1.98. The summed E-state index contributed by atoms with van der Waals surface area (Å²) in [5, 5.41) is 0. The molecule has 5 heteroatoms. The quantitative estimate of drug-likeness (QED) is 0.739. The van der Waals surface area contributed by atoms with E-state index in [9.17, 15) is 4.79 Å². The number of rotatable bonds is 4. The van der Waals surface area contributed by atoms with Crippen molar-refractivity contribution in [1.29, 1.82) is 0 Å². The number of methoxy groups -OCH3 is 1. The Morgan fingerprint density at radius 1 is 1.18 bits per heavy atom. The first kappa shape index (κ1) is 11.2. The molecule has 0 saturated carbocycles. The normalized spacial score (nSPS) is 9.94. The highest BCUT2D eigenvalue weighted by Crippen LogP contribution is 2.09. The van der Waals surface area contributed by atoms with Crippen molar-refractivity contribution >= 4 is 6.29 Å². The van der Waals surface area contributed by atoms with Gasteiger partial charge in [-0.05, 0) is 5.56 Å². The monoisotopic (exact) mass is 229 g/mol. The number of pyridine rings is 1. The van der Waals surface area contributed by atoms with Crippen LogP contribution >= 0.6 is 0 Å². The molecule has 0 unspecified atom stereocenters. The second kappa shape index (κ2) is 5.16. The van der Waals surface area contributed by atoms with E-state index in [0.717, 1.165) is 11.8 Å². The third-order valence-electron chi connectivity index (χ3n) is 2.23. The van der Waals surface area contributed by atoms with E-state index >= 15 is 0 Å². The van der Waals surface area contributed by atoms with Crippen molar-refractivity contribution in [3.8, 4) is 5.88 Å². The summed E-state index contributed by atoms with van der Waals surface area (Å²) in [6.45, 7) is 0. The predicted octanol–water partition coefficient (Wildman–Crippen LogP) is 1.28. The number of hydrogen-bond acceptors (Lipinski definition) is 5. The summed E-state index contributed by atoms with van der Waals surface area (Å²) < 4.78 is 4.97. The summed E-state index contributed by atoms with van der Waals surface area (Å²) in [4.78, 5) is 22.7. The summed E-state index contributed by atoms with van der Waals surface area (Å²) in [6.07, 6.45) is 6.03. The zero-order valence-corrected chi connectivity index (χ0v) is 9.33. The van der Waals surface area contributed by atoms with Crippen molar-refractivity contribution in [2.45, 2.75) is 6.42 Å². The Morgan fingerprint density at radius 3 is 2.47 bits per heavy atom. The van der Waals surface area contributed by atoms with Crippen molar-refractivity contribution in [2.24, 2.45) is 0 Å². The van der Waals surface area contributed by atoms with Crippen LogP contribution in [-0.4, -0.2) is 28.3 Å². The fourth-order valence-corrected chi connectivity index (χ4v) is 1.34. The zero-order chi connectivity index (χ0) is 12.1. The highest BCUT2D eigenvalue weighted by Gasteiger charge is 2.01. The Kier molecular flexibility index (Phi) is 3.40. The molecule has 17 heavy (non-hydrogen) atoms. The van der Waals surface area contributed by atoms with Gasteiger partial charge in [-0.15, -0.1) is 0 Å². The second-order valence-corrected chi connectivity index (χ2v) is 3.44. The molecule has 2 aromatic rings. The molecule has 2 heterocycles. The van der Waals surface area contributed by atoms with Gasteiger partial charge in [-0.1, -0.05) is 6.07 Å². The van der Waals surface area contributed by atoms with Crippen LogP contribution in [0.1, 0.15) is 21.7 Å². The van der Waals surface area contributed by atoms with Gasteiger partial charge < -0.3 is 4.74 Å². The second-order valence-electron chi connectivity index (χ2n) is 3.44. The van der Waals surface area contributed by atoms with Gasteiger partial charge in [0, 0.05) is 31.1 Å². The van der Waals surface area contributed by atoms with Gasteiger partial charge in [-0.25, -0.2) is 15.0 Å². The summed E-state index contributed by atoms with van der Waals surface area (Å²) in [6, 6.07) is 3.69. The van der Waals surface area contributed by atoms with Crippen LogP contribution in [0.25, 0.3) is 0 Å². The van der Waals surface area contributed by atoms with Crippen LogP contribution in [0.2, 0.25) is 0 Å². The van der Waals surface area contributed by atoms with Crippen molar-refractivity contribution in [1.82, 2.24) is 15.0 Å². The van der Waals surface area contributed by atoms with Crippen LogP contribution in [0.4, 0.5) is 0 Å². The van der Waals surface area contributed by atoms with Gasteiger partial charge in [-0.2, -0.15) is 0 Å². The van der Waals surface area contributed by atoms with Crippen LogP contribution in [0.5, 0.6) is 5.88 Å². The standard InChI is InChI=1S/C12H11N3O2/c1-17-12-3-2-9(5-15-12)4-11-13-6-10(8-16)7-14-11/h2-3,5-8H,4H2,1H3. The average Bonchev–Trinajstić information content (AvgIpc) is 2.40. The number of ether oxygens (including phenoxy) is 1. The fourth-order valence-electron chi connectivity index (χ4n) is 1.34. The van der Waals surface area contributed by atoms with Gasteiger partial charge >= 0.3 is 0 Å². The minimum atomic E-state index is 0.474. The van der Waals surface area contributed by atoms with E-state index in [1.54, 1.807) is 19.4 Å². The maximum absolute atomic E-state index is 10.4. The number of hydrogen-bond donors (Lipinski definition) is 0. The molecular formula is C12H11N3O2. The van der Waals surface area contributed by atoms with Gasteiger partial charge in [0.1, 0.15) is 5.82 Å². The van der Waals surface area contributed by atoms with Gasteiger partial charge in [0.05, 0.1) is 12.7 Å².